The molecule has 0 aliphatic rings. The fourth-order valence-electron chi connectivity index (χ4n) is 1.28. The van der Waals surface area contributed by atoms with Crippen molar-refractivity contribution in [3.63, 3.8) is 0 Å². The van der Waals surface area contributed by atoms with Gasteiger partial charge in [-0.1, -0.05) is 13.3 Å². The van der Waals surface area contributed by atoms with Crippen molar-refractivity contribution < 1.29 is 18.3 Å². The molecule has 102 valence electrons. The molecule has 0 saturated carbocycles. The quantitative estimate of drug-likeness (QED) is 0.670. The Hall–Kier alpha value is -1.41. The van der Waals surface area contributed by atoms with Crippen LogP contribution >= 0.6 is 0 Å². The van der Waals surface area contributed by atoms with Crippen LogP contribution in [0, 0.1) is 0 Å². The summed E-state index contributed by atoms with van der Waals surface area (Å²) in [6, 6.07) is 0. The Morgan fingerprint density at radius 2 is 2.28 bits per heavy atom. The maximum absolute atomic E-state index is 11.8. The fraction of sp³-hybridized carbons (Fsp3) is 0.600. The minimum absolute atomic E-state index is 0.0593. The first kappa shape index (κ1) is 14.7. The van der Waals surface area contributed by atoms with Crippen LogP contribution < -0.4 is 4.72 Å². The molecule has 0 unspecified atom stereocenters. The lowest BCUT2D eigenvalue weighted by atomic mass is 10.3. The maximum atomic E-state index is 11.8. The van der Waals surface area contributed by atoms with Crippen LogP contribution in [0.15, 0.2) is 17.3 Å². The van der Waals surface area contributed by atoms with Gasteiger partial charge >= 0.3 is 5.97 Å². The molecule has 0 spiro atoms. The Morgan fingerprint density at radius 1 is 1.56 bits per heavy atom. The number of aromatic nitrogens is 2. The van der Waals surface area contributed by atoms with Gasteiger partial charge in [0.15, 0.2) is 0 Å². The summed E-state index contributed by atoms with van der Waals surface area (Å²) in [5.74, 6) is -0.948. The van der Waals surface area contributed by atoms with Gasteiger partial charge < -0.3 is 5.11 Å². The van der Waals surface area contributed by atoms with Crippen molar-refractivity contribution in [2.45, 2.75) is 37.6 Å². The van der Waals surface area contributed by atoms with Gasteiger partial charge in [0.2, 0.25) is 10.0 Å². The van der Waals surface area contributed by atoms with E-state index in [0.717, 1.165) is 12.8 Å². The normalized spacial score (nSPS) is 11.6. The number of nitrogens with one attached hydrogen (secondary N) is 1. The Bertz CT molecular complexity index is 495. The standard InChI is InChI=1S/C10H17N3O4S/c1-2-3-5-12-18(16,17)9-7-11-13(8-9)6-4-10(14)15/h7-8,12H,2-6H2,1H3,(H,14,15). The lowest BCUT2D eigenvalue weighted by molar-refractivity contribution is -0.137. The van der Waals surface area contributed by atoms with Crippen LogP contribution in [0.3, 0.4) is 0 Å². The summed E-state index contributed by atoms with van der Waals surface area (Å²) in [4.78, 5) is 10.4. The predicted molar refractivity (Wildman–Crippen MR) is 64.6 cm³/mol. The summed E-state index contributed by atoms with van der Waals surface area (Å²) in [5, 5.41) is 12.3. The second kappa shape index (κ2) is 6.50. The van der Waals surface area contributed by atoms with Crippen molar-refractivity contribution in [1.29, 1.82) is 0 Å². The van der Waals surface area contributed by atoms with Gasteiger partial charge in [-0.15, -0.1) is 0 Å². The predicted octanol–water partition coefficient (Wildman–Crippen LogP) is 0.436. The number of hydrogen-bond acceptors (Lipinski definition) is 4. The third kappa shape index (κ3) is 4.46. The molecule has 0 bridgehead atoms. The van der Waals surface area contributed by atoms with E-state index in [1.165, 1.54) is 17.1 Å². The molecule has 0 aromatic carbocycles. The van der Waals surface area contributed by atoms with Gasteiger partial charge in [0.1, 0.15) is 4.90 Å². The van der Waals surface area contributed by atoms with Crippen molar-refractivity contribution in [2.75, 3.05) is 6.54 Å². The van der Waals surface area contributed by atoms with E-state index >= 15 is 0 Å². The SMILES string of the molecule is CCCCNS(=O)(=O)c1cnn(CCC(=O)O)c1. The monoisotopic (exact) mass is 275 g/mol. The number of hydrogen-bond donors (Lipinski definition) is 2. The summed E-state index contributed by atoms with van der Waals surface area (Å²) in [6.07, 6.45) is 4.13. The van der Waals surface area contributed by atoms with Crippen LogP contribution in [0.4, 0.5) is 0 Å². The number of sulfonamides is 1. The minimum Gasteiger partial charge on any atom is -0.481 e. The lowest BCUT2D eigenvalue weighted by Gasteiger charge is -2.02. The zero-order chi connectivity index (χ0) is 13.6. The van der Waals surface area contributed by atoms with Crippen LogP contribution in [-0.2, 0) is 21.4 Å². The maximum Gasteiger partial charge on any atom is 0.305 e. The van der Waals surface area contributed by atoms with E-state index in [-0.39, 0.29) is 17.9 Å². The van der Waals surface area contributed by atoms with Crippen LogP contribution in [0.2, 0.25) is 0 Å². The van der Waals surface area contributed by atoms with E-state index in [1.54, 1.807) is 0 Å². The van der Waals surface area contributed by atoms with E-state index in [1.807, 2.05) is 6.92 Å². The van der Waals surface area contributed by atoms with E-state index in [4.69, 9.17) is 5.11 Å². The third-order valence-corrected chi connectivity index (χ3v) is 3.71. The molecule has 0 radical (unpaired) electrons. The second-order valence-corrected chi connectivity index (χ2v) is 5.60. The molecular weight excluding hydrogens is 258 g/mol. The topological polar surface area (TPSA) is 101 Å². The van der Waals surface area contributed by atoms with Crippen molar-refractivity contribution >= 4 is 16.0 Å². The van der Waals surface area contributed by atoms with Gasteiger partial charge in [0.25, 0.3) is 0 Å². The molecule has 0 aliphatic carbocycles. The molecule has 1 rings (SSSR count). The molecule has 18 heavy (non-hydrogen) atoms. The summed E-state index contributed by atoms with van der Waals surface area (Å²) < 4.78 is 27.3. The average molecular weight is 275 g/mol. The molecule has 0 amide bonds. The Balaban J connectivity index is 2.63. The van der Waals surface area contributed by atoms with E-state index in [0.29, 0.717) is 6.54 Å². The molecular formula is C10H17N3O4S. The number of aryl methyl sites for hydroxylation is 1. The van der Waals surface area contributed by atoms with Gasteiger partial charge in [-0.05, 0) is 6.42 Å². The fourth-order valence-corrected chi connectivity index (χ4v) is 2.31. The number of unbranched alkanes of at least 4 members (excludes halogenated alkanes) is 1. The minimum atomic E-state index is -3.53. The van der Waals surface area contributed by atoms with Crippen LogP contribution in [-0.4, -0.2) is 35.8 Å². The highest BCUT2D eigenvalue weighted by Gasteiger charge is 2.15. The second-order valence-electron chi connectivity index (χ2n) is 3.83. The van der Waals surface area contributed by atoms with Gasteiger partial charge in [-0.3, -0.25) is 9.48 Å². The number of carbonyl (C=O) groups is 1. The zero-order valence-corrected chi connectivity index (χ0v) is 11.0. The van der Waals surface area contributed by atoms with Gasteiger partial charge in [0.05, 0.1) is 19.2 Å². The molecule has 2 N–H and O–H groups in total. The van der Waals surface area contributed by atoms with E-state index in [2.05, 4.69) is 9.82 Å². The summed E-state index contributed by atoms with van der Waals surface area (Å²) >= 11 is 0. The third-order valence-electron chi connectivity index (χ3n) is 2.30. The molecule has 1 heterocycles. The first-order valence-electron chi connectivity index (χ1n) is 5.69. The smallest absolute Gasteiger partial charge is 0.305 e. The highest BCUT2D eigenvalue weighted by atomic mass is 32.2. The lowest BCUT2D eigenvalue weighted by Crippen LogP contribution is -2.24. The molecule has 7 nitrogen and oxygen atoms in total. The number of nitrogens with zero attached hydrogens (tertiary/aromatic N) is 2. The number of carboxylic acids is 1. The van der Waals surface area contributed by atoms with Crippen molar-refractivity contribution in [2.24, 2.45) is 0 Å². The Labute approximate surface area is 106 Å². The first-order chi connectivity index (χ1) is 8.45. The van der Waals surface area contributed by atoms with Gasteiger partial charge in [-0.2, -0.15) is 5.10 Å². The zero-order valence-electron chi connectivity index (χ0n) is 10.2. The van der Waals surface area contributed by atoms with E-state index in [9.17, 15) is 13.2 Å². The molecule has 1 aromatic rings. The van der Waals surface area contributed by atoms with Gasteiger partial charge in [-0.25, -0.2) is 13.1 Å². The van der Waals surface area contributed by atoms with Crippen LogP contribution in [0.25, 0.3) is 0 Å². The van der Waals surface area contributed by atoms with Crippen molar-refractivity contribution in [3.05, 3.63) is 12.4 Å². The molecule has 0 fully saturated rings. The average Bonchev–Trinajstić information content (AvgIpc) is 2.76. The highest BCUT2D eigenvalue weighted by Crippen LogP contribution is 2.07. The van der Waals surface area contributed by atoms with E-state index < -0.39 is 16.0 Å². The first-order valence-corrected chi connectivity index (χ1v) is 7.18. The molecule has 8 heteroatoms. The highest BCUT2D eigenvalue weighted by molar-refractivity contribution is 7.89. The number of aliphatic carboxylic acids is 1. The molecule has 1 aromatic heterocycles. The van der Waals surface area contributed by atoms with Gasteiger partial charge in [0, 0.05) is 12.7 Å². The van der Waals surface area contributed by atoms with Crippen LogP contribution in [0.5, 0.6) is 0 Å². The van der Waals surface area contributed by atoms with Crippen molar-refractivity contribution in [3.8, 4) is 0 Å². The number of rotatable bonds is 8. The Morgan fingerprint density at radius 3 is 2.89 bits per heavy atom. The van der Waals surface area contributed by atoms with Crippen LogP contribution in [0.1, 0.15) is 26.2 Å². The summed E-state index contributed by atoms with van der Waals surface area (Å²) in [5.41, 5.74) is 0. The Kier molecular flexibility index (Phi) is 5.29. The summed E-state index contributed by atoms with van der Waals surface area (Å²) in [6.45, 7) is 2.51. The summed E-state index contributed by atoms with van der Waals surface area (Å²) in [7, 11) is -3.53. The largest absolute Gasteiger partial charge is 0.481 e. The molecule has 0 atom stereocenters. The molecule has 0 aliphatic heterocycles. The number of carboxylic acid groups (broad SMARTS) is 1. The molecule has 0 saturated heterocycles. The van der Waals surface area contributed by atoms with Crippen molar-refractivity contribution in [1.82, 2.24) is 14.5 Å².